The zero-order chi connectivity index (χ0) is 62.7. The van der Waals surface area contributed by atoms with Gasteiger partial charge >= 0.3 is 0 Å². The first kappa shape index (κ1) is 49.8. The van der Waals surface area contributed by atoms with Crippen LogP contribution in [0, 0.1) is 18.5 Å². The third-order valence-electron chi connectivity index (χ3n) is 17.1. The van der Waals surface area contributed by atoms with Crippen molar-refractivity contribution in [3.05, 3.63) is 297 Å². The van der Waals surface area contributed by atoms with Crippen molar-refractivity contribution in [1.29, 1.82) is 0 Å². The minimum atomic E-state index is -3.17. The van der Waals surface area contributed by atoms with Crippen LogP contribution in [0.25, 0.3) is 94.5 Å². The van der Waals surface area contributed by atoms with E-state index in [0.717, 1.165) is 82.8 Å². The molecule has 0 unspecified atom stereocenters. The van der Waals surface area contributed by atoms with Gasteiger partial charge in [-0.3, -0.25) is 4.57 Å². The van der Waals surface area contributed by atoms with Gasteiger partial charge in [0, 0.05) is 44.3 Å². The maximum atomic E-state index is 9.69. The van der Waals surface area contributed by atoms with Crippen LogP contribution in [0.3, 0.4) is 0 Å². The number of aromatic nitrogens is 4. The van der Waals surface area contributed by atoms with E-state index in [0.29, 0.717) is 28.4 Å². The summed E-state index contributed by atoms with van der Waals surface area (Å²) in [6, 6.07) is 86.5. The fraction of sp³-hybridized carbons (Fsp3) is 0.100. The number of hydrogen-bond acceptors (Lipinski definition) is 2. The average molecular weight is 1320 g/mol. The molecule has 3 aromatic heterocycles. The van der Waals surface area contributed by atoms with E-state index in [1.54, 1.807) is 0 Å². The summed E-state index contributed by atoms with van der Waals surface area (Å²) in [5.41, 5.74) is 12.7. The van der Waals surface area contributed by atoms with Crippen LogP contribution < -0.4 is 30.1 Å². The predicted molar refractivity (Wildman–Crippen MR) is 356 cm³/mol. The minimum absolute atomic E-state index is 0. The third-order valence-corrected chi connectivity index (χ3v) is 21.9. The van der Waals surface area contributed by atoms with E-state index in [2.05, 4.69) is 257 Å². The molecule has 87 heavy (non-hydrogen) atoms. The van der Waals surface area contributed by atoms with Crippen LogP contribution in [0.15, 0.2) is 267 Å². The monoisotopic (exact) mass is 1320 g/mol. The number of rotatable bonds is 9. The van der Waals surface area contributed by atoms with Crippen molar-refractivity contribution >= 4 is 61.7 Å². The Morgan fingerprint density at radius 1 is 0.494 bits per heavy atom. The van der Waals surface area contributed by atoms with Crippen molar-refractivity contribution < 1.29 is 37.2 Å². The van der Waals surface area contributed by atoms with Gasteiger partial charge in [0.25, 0.3) is 6.33 Å². The molecule has 0 aliphatic carbocycles. The Labute approximate surface area is 531 Å². The molecule has 0 amide bonds. The summed E-state index contributed by atoms with van der Waals surface area (Å²) in [7, 11) is -3.17. The Balaban J connectivity index is 0.00000735. The van der Waals surface area contributed by atoms with Crippen LogP contribution in [-0.4, -0.2) is 22.2 Å². The number of fused-ring (bicyclic) bond motifs is 10. The maximum Gasteiger partial charge on any atom is 0.268 e. The first-order chi connectivity index (χ1) is 44.0. The van der Waals surface area contributed by atoms with E-state index >= 15 is 0 Å². The molecule has 0 saturated carbocycles. The molecule has 0 radical (unpaired) electrons. The Kier molecular flexibility index (Phi) is 12.5. The fourth-order valence-electron chi connectivity index (χ4n) is 13.2. The number of ether oxygens (including phenoxy) is 1. The summed E-state index contributed by atoms with van der Waals surface area (Å²) in [5, 5.41) is 6.90. The van der Waals surface area contributed by atoms with Crippen molar-refractivity contribution in [1.82, 2.24) is 14.1 Å². The molecule has 0 N–H and O–H groups in total. The molecule has 0 spiro atoms. The average Bonchev–Trinajstić information content (AvgIpc) is 1.47. The van der Waals surface area contributed by atoms with Crippen molar-refractivity contribution in [3.8, 4) is 73.2 Å². The quantitative estimate of drug-likeness (QED) is 0.0625. The first-order valence-electron chi connectivity index (χ1n) is 31.8. The van der Waals surface area contributed by atoms with Gasteiger partial charge in [-0.05, 0) is 116 Å². The van der Waals surface area contributed by atoms with E-state index in [9.17, 15) is 2.74 Å². The summed E-state index contributed by atoms with van der Waals surface area (Å²) < 4.78 is 59.6. The second-order valence-electron chi connectivity index (χ2n) is 24.3. The second-order valence-corrected chi connectivity index (χ2v) is 28.1. The van der Waals surface area contributed by atoms with E-state index in [-0.39, 0.29) is 44.1 Å². The van der Waals surface area contributed by atoms with Gasteiger partial charge in [0.15, 0.2) is 8.07 Å². The summed E-state index contributed by atoms with van der Waals surface area (Å²) in [6.07, 6.45) is 5.78. The molecular weight excluding hydrogens is 1260 g/mol. The molecule has 4 heterocycles. The molecular formula is C80H62N4OPtSi-2. The molecule has 0 fully saturated rings. The number of imidazole rings is 1. The van der Waals surface area contributed by atoms with Crippen molar-refractivity contribution in [2.45, 2.75) is 52.4 Å². The van der Waals surface area contributed by atoms with Crippen LogP contribution in [0.5, 0.6) is 11.5 Å². The molecule has 11 aromatic carbocycles. The number of benzene rings is 11. The zero-order valence-electron chi connectivity index (χ0n) is 54.0. The molecule has 0 atom stereocenters. The molecule has 0 saturated heterocycles. The minimum Gasteiger partial charge on any atom is -0.510 e. The fourth-order valence-corrected chi connectivity index (χ4v) is 18.0. The van der Waals surface area contributed by atoms with Crippen LogP contribution in [-0.2, 0) is 31.9 Å². The summed E-state index contributed by atoms with van der Waals surface area (Å²) in [6.45, 7) is 13.3. The SMILES string of the molecule is [2H]c1c([2H])c([2H])c(-c2cccc3c2-[n+]2[c-]n(-c4[c-]c(Oc5[c-]c6c(cc5)c5ccccc5n6-c5cc(C(C)(C)C)ccn5)ccc4)c4ccc(C(C)(C)C)c(c42)-c2ccccc2-c2ccc([Si](c4ccccc4)(c4ccccc4)c4ccccc4)cc2-3)c([2H])c1[2H].[Pt]. The summed E-state index contributed by atoms with van der Waals surface area (Å²) >= 11 is 0. The van der Waals surface area contributed by atoms with Gasteiger partial charge in [-0.1, -0.05) is 259 Å². The van der Waals surface area contributed by atoms with Crippen molar-refractivity contribution in [2.75, 3.05) is 0 Å². The Bertz CT molecular complexity index is 5120. The smallest absolute Gasteiger partial charge is 0.268 e. The normalized spacial score (nSPS) is 13.0. The largest absolute Gasteiger partial charge is 0.510 e. The van der Waals surface area contributed by atoms with Crippen molar-refractivity contribution in [3.63, 3.8) is 0 Å². The number of nitrogens with zero attached hydrogens (tertiary/aromatic N) is 4. The van der Waals surface area contributed by atoms with Gasteiger partial charge in [-0.25, -0.2) is 4.98 Å². The Morgan fingerprint density at radius 2 is 1.11 bits per heavy atom. The standard InChI is InChI=1S/C80H62N4OSi.Pt/c1-79(2,3)55-47-48-81-75(49-55)84-72-40-22-21-36-66(72)67-43-41-58(51-74(67)84)85-57-28-23-27-56(50-57)82-53-83-77-63(54-25-11-7-12-26-54)38-24-39-69(77)70-52-62(86(59-29-13-8-14-30-59,60-31-15-9-16-32-60)61-33-17-10-18-34-61)42-44-65(70)64-35-19-20-37-68(64)76-71(80(4,5)6)45-46-73(82)78(76)83;/h7-49,52H,1-6H3;/q-2;/i7D,11D,12D,25D,26D;. The van der Waals surface area contributed by atoms with Crippen LogP contribution in [0.4, 0.5) is 0 Å². The van der Waals surface area contributed by atoms with Crippen LogP contribution in [0.1, 0.15) is 59.5 Å². The van der Waals surface area contributed by atoms with Gasteiger partial charge in [-0.15, -0.1) is 29.7 Å². The van der Waals surface area contributed by atoms with Gasteiger partial charge in [0.1, 0.15) is 5.82 Å². The van der Waals surface area contributed by atoms with Gasteiger partial charge < -0.3 is 13.9 Å². The maximum absolute atomic E-state index is 9.69. The topological polar surface area (TPSA) is 35.9 Å². The Hall–Kier alpha value is -9.45. The molecule has 0 bridgehead atoms. The molecule has 14 aromatic rings. The van der Waals surface area contributed by atoms with Gasteiger partial charge in [-0.2, -0.15) is 18.2 Å². The first-order valence-corrected chi connectivity index (χ1v) is 31.3. The van der Waals surface area contributed by atoms with E-state index in [1.807, 2.05) is 53.2 Å². The van der Waals surface area contributed by atoms with E-state index in [4.69, 9.17) is 13.8 Å². The van der Waals surface area contributed by atoms with E-state index in [1.165, 1.54) is 21.1 Å². The van der Waals surface area contributed by atoms with Gasteiger partial charge in [0.05, 0.1) is 23.6 Å². The van der Waals surface area contributed by atoms with Crippen molar-refractivity contribution in [2.24, 2.45) is 0 Å². The molecule has 1 aliphatic rings. The van der Waals surface area contributed by atoms with Crippen LogP contribution in [0.2, 0.25) is 0 Å². The van der Waals surface area contributed by atoms with Crippen LogP contribution >= 0.6 is 0 Å². The summed E-state index contributed by atoms with van der Waals surface area (Å²) in [5.74, 6) is 1.74. The molecule has 424 valence electrons. The van der Waals surface area contributed by atoms with E-state index < -0.39 is 31.6 Å². The second kappa shape index (κ2) is 21.8. The number of hydrogen-bond donors (Lipinski definition) is 0. The zero-order valence-corrected chi connectivity index (χ0v) is 52.3. The Morgan fingerprint density at radius 3 is 1.82 bits per heavy atom. The van der Waals surface area contributed by atoms with Gasteiger partial charge in [0.2, 0.25) is 0 Å². The predicted octanol–water partition coefficient (Wildman–Crippen LogP) is 16.5. The summed E-state index contributed by atoms with van der Waals surface area (Å²) in [4.78, 5) is 4.91. The number of para-hydroxylation sites is 2. The molecule has 7 heteroatoms. The number of pyridine rings is 1. The third kappa shape index (κ3) is 9.33. The molecule has 15 rings (SSSR count). The molecule has 1 aliphatic heterocycles. The molecule has 5 nitrogen and oxygen atoms in total.